The van der Waals surface area contributed by atoms with Gasteiger partial charge in [0.2, 0.25) is 0 Å². The van der Waals surface area contributed by atoms with Gasteiger partial charge in [0, 0.05) is 64.2 Å². The first-order chi connectivity index (χ1) is 30.2. The average molecular weight is 1200 g/mol. The zero-order valence-electron chi connectivity index (χ0n) is 50.7. The molecule has 0 aliphatic carbocycles. The number of unbranched alkanes of at least 4 members (excludes halogenated alkanes) is 9. The Hall–Kier alpha value is 3.18. The Morgan fingerprint density at radius 2 is 0.456 bits per heavy atom. The molecule has 24 nitrogen and oxygen atoms in total. The first-order valence-electron chi connectivity index (χ1n) is 21.0. The van der Waals surface area contributed by atoms with E-state index in [0.717, 1.165) is 14.7 Å². The molecule has 0 aliphatic heterocycles. The molecule has 0 amide bonds. The SMILES string of the molecule is C.C.C.C.CCC.CCCCCCCCCCCCN(C)C.CN(C)C.CN(C)CC(=O)[O-].CN(CC(=O)[O-])CC(=O)[O-].CN(CC(=O)[O-])CC(=O)[O-].CN(CC(=O)[O-])CC(=O)[O-].O=C([O-])CC(=O)[O-].[Li+].[Li+].[Na+].[Na+].[Na+].[Na+].[Na+].[Na+].[Na+]. The van der Waals surface area contributed by atoms with Gasteiger partial charge in [-0.2, -0.15) is 0 Å². The van der Waals surface area contributed by atoms with Crippen LogP contribution in [-0.2, 0) is 43.2 Å². The summed E-state index contributed by atoms with van der Waals surface area (Å²) in [5.74, 6) is -12.1. The Morgan fingerprint density at radius 3 is 0.557 bits per heavy atom. The Bertz CT molecular complexity index is 1150. The largest absolute Gasteiger partial charge is 1.00 e. The van der Waals surface area contributed by atoms with Gasteiger partial charge >= 0.3 is 245 Å². The van der Waals surface area contributed by atoms with Crippen LogP contribution in [0.25, 0.3) is 0 Å². The summed E-state index contributed by atoms with van der Waals surface area (Å²) in [5.41, 5.74) is 0. The van der Waals surface area contributed by atoms with Crippen molar-refractivity contribution in [2.45, 2.75) is 128 Å². The van der Waals surface area contributed by atoms with E-state index < -0.39 is 99.4 Å². The number of carboxylic acid groups (broad SMARTS) is 9. The summed E-state index contributed by atoms with van der Waals surface area (Å²) in [6.07, 6.45) is 14.6. The Balaban J connectivity index is -0.0000000257. The van der Waals surface area contributed by atoms with Crippen LogP contribution in [0.5, 0.6) is 0 Å². The van der Waals surface area contributed by atoms with Crippen molar-refractivity contribution in [1.82, 2.24) is 29.4 Å². The maximum Gasteiger partial charge on any atom is 1.00 e. The van der Waals surface area contributed by atoms with Gasteiger partial charge in [-0.15, -0.1) is 0 Å². The zero-order chi connectivity index (χ0) is 53.8. The first-order valence-corrected chi connectivity index (χ1v) is 21.0. The molecule has 0 saturated carbocycles. The third-order valence-electron chi connectivity index (χ3n) is 6.09. The molecule has 0 aliphatic rings. The van der Waals surface area contributed by atoms with E-state index in [-0.39, 0.29) is 281 Å². The van der Waals surface area contributed by atoms with Crippen LogP contribution < -0.4 is 291 Å². The molecular weight excluding hydrogens is 1100 g/mol. The Labute approximate surface area is 657 Å². The predicted octanol–water partition coefficient (Wildman–Crippen LogP) is -33.9. The summed E-state index contributed by atoms with van der Waals surface area (Å²) in [4.78, 5) is 96.2. The first kappa shape index (κ1) is 145. The summed E-state index contributed by atoms with van der Waals surface area (Å²) >= 11 is 0. The maximum absolute atomic E-state index is 9.83. The number of carbonyl (C=O) groups excluding carboxylic acids is 9. The molecule has 0 unspecified atom stereocenters. The zero-order valence-corrected chi connectivity index (χ0v) is 64.7. The molecule has 0 radical (unpaired) electrons. The molecule has 0 atom stereocenters. The van der Waals surface area contributed by atoms with Gasteiger partial charge in [-0.25, -0.2) is 0 Å². The molecule has 0 aromatic heterocycles. The maximum atomic E-state index is 9.83. The van der Waals surface area contributed by atoms with Crippen LogP contribution in [0.1, 0.15) is 128 Å². The quantitative estimate of drug-likeness (QED) is 0.0419. The van der Waals surface area contributed by atoms with Crippen molar-refractivity contribution in [3.05, 3.63) is 0 Å². The molecule has 426 valence electrons. The van der Waals surface area contributed by atoms with E-state index in [1.54, 1.807) is 14.1 Å². The third-order valence-corrected chi connectivity index (χ3v) is 6.09. The van der Waals surface area contributed by atoms with E-state index in [0.29, 0.717) is 0 Å². The summed E-state index contributed by atoms with van der Waals surface area (Å²) in [6, 6.07) is 0. The smallest absolute Gasteiger partial charge is 0.550 e. The standard InChI is InChI=1S/C14H31N.3C5H9NO4.C4H9NO2.C3H9N.C3H4O4.C3H8.4CH4.2Li.7Na/c1-4-5-6-7-8-9-10-11-12-13-14-15(2)3;3*1-6(2-4(7)8)3-5(9)10;1-5(2)3-4(6)7;1-4(2)3;4-2(5)1-3(6)7;1-3-2;;;;;;;;;;;;;/h4-14H2,1-3H3;3*2-3H2,1H3,(H,7,8)(H,9,10);3H2,1-2H3,(H,6,7);1-3H3;1H2,(H,4,5)(H,6,7);3H2,1-2H3;4*1H4;;;;;;;;;/q;;;;;;;;;;;;9*+1/p-9. The number of hydrogen-bond acceptors (Lipinski definition) is 24. The predicted molar refractivity (Wildman–Crippen MR) is 254 cm³/mol. The van der Waals surface area contributed by atoms with E-state index in [9.17, 15) is 89.1 Å². The fourth-order valence-electron chi connectivity index (χ4n) is 3.78. The van der Waals surface area contributed by atoms with E-state index >= 15 is 0 Å². The van der Waals surface area contributed by atoms with Gasteiger partial charge in [0.15, 0.2) is 0 Å². The molecule has 0 N–H and O–H groups in total. The molecule has 0 fully saturated rings. The second kappa shape index (κ2) is 112. The van der Waals surface area contributed by atoms with Gasteiger partial charge in [-0.3, -0.25) is 14.7 Å². The monoisotopic (exact) mass is 1190 g/mol. The molecule has 79 heavy (non-hydrogen) atoms. The number of carboxylic acids is 9. The molecule has 0 aromatic carbocycles. The molecule has 33 heteroatoms. The minimum Gasteiger partial charge on any atom is -0.550 e. The van der Waals surface area contributed by atoms with Gasteiger partial charge in [0.1, 0.15) is 0 Å². The summed E-state index contributed by atoms with van der Waals surface area (Å²) in [7, 11) is 17.7. The topological polar surface area (TPSA) is 381 Å². The molecule has 0 aromatic rings. The fourth-order valence-corrected chi connectivity index (χ4v) is 3.78. The molecule has 0 spiro atoms. The minimum atomic E-state index is -1.63. The average Bonchev–Trinajstić information content (AvgIpc) is 3.07. The number of hydrogen-bond donors (Lipinski definition) is 0. The van der Waals surface area contributed by atoms with E-state index in [2.05, 4.69) is 39.8 Å². The Morgan fingerprint density at radius 1 is 0.291 bits per heavy atom. The van der Waals surface area contributed by atoms with Crippen LogP contribution in [0.2, 0.25) is 0 Å². The van der Waals surface area contributed by atoms with Gasteiger partial charge in [-0.05, 0) is 83.4 Å². The van der Waals surface area contributed by atoms with E-state index in [1.807, 2.05) is 26.0 Å². The summed E-state index contributed by atoms with van der Waals surface area (Å²) in [6.45, 7) is 5.42. The molecule has 0 saturated heterocycles. The van der Waals surface area contributed by atoms with Crippen molar-refractivity contribution in [3.63, 3.8) is 0 Å². The number of aliphatic carboxylic acids is 9. The number of nitrogens with zero attached hydrogens (tertiary/aromatic N) is 6. The van der Waals surface area contributed by atoms with Crippen molar-refractivity contribution >= 4 is 53.7 Å². The van der Waals surface area contributed by atoms with Crippen molar-refractivity contribution in [1.29, 1.82) is 0 Å². The summed E-state index contributed by atoms with van der Waals surface area (Å²) in [5, 5.41) is 87.2. The molecule has 0 heterocycles. The van der Waals surface area contributed by atoms with Crippen LogP contribution in [0.3, 0.4) is 0 Å². The van der Waals surface area contributed by atoms with Gasteiger partial charge in [-0.1, -0.05) is 115 Å². The summed E-state index contributed by atoms with van der Waals surface area (Å²) < 4.78 is 0. The van der Waals surface area contributed by atoms with Crippen molar-refractivity contribution in [2.75, 3.05) is 123 Å². The molecular formula is C46H95Li2N6Na7O18. The van der Waals surface area contributed by atoms with Crippen LogP contribution >= 0.6 is 0 Å². The van der Waals surface area contributed by atoms with Gasteiger partial charge < -0.3 is 104 Å². The Kier molecular flexibility index (Phi) is 206. The number of likely N-dealkylation sites (N-methyl/N-ethyl adjacent to an activating group) is 4. The van der Waals surface area contributed by atoms with Crippen molar-refractivity contribution in [3.8, 4) is 0 Å². The second-order valence-corrected chi connectivity index (χ2v) is 15.3. The van der Waals surface area contributed by atoms with E-state index in [4.69, 9.17) is 0 Å². The van der Waals surface area contributed by atoms with E-state index in [1.165, 1.54) is 103 Å². The van der Waals surface area contributed by atoms with Crippen LogP contribution in [0, 0.1) is 0 Å². The molecule has 0 rings (SSSR count). The normalized spacial score (nSPS) is 8.09. The van der Waals surface area contributed by atoms with Gasteiger partial charge in [0.25, 0.3) is 0 Å². The third kappa shape index (κ3) is 229. The number of rotatable bonds is 27. The van der Waals surface area contributed by atoms with Crippen LogP contribution in [0.15, 0.2) is 0 Å². The minimum absolute atomic E-state index is 0. The molecule has 0 bridgehead atoms. The van der Waals surface area contributed by atoms with Crippen molar-refractivity contribution < 1.29 is 334 Å². The van der Waals surface area contributed by atoms with Crippen LogP contribution in [0.4, 0.5) is 0 Å². The fraction of sp³-hybridized carbons (Fsp3) is 0.804. The number of carbonyl (C=O) groups is 9. The van der Waals surface area contributed by atoms with Crippen molar-refractivity contribution in [2.24, 2.45) is 0 Å². The van der Waals surface area contributed by atoms with Crippen LogP contribution in [-0.4, -0.2) is 206 Å². The van der Waals surface area contributed by atoms with Gasteiger partial charge in [0.05, 0.1) is 41.8 Å². The second-order valence-electron chi connectivity index (χ2n) is 15.3.